The Balaban J connectivity index is 2.01. The van der Waals surface area contributed by atoms with Crippen LogP contribution in [0.2, 0.25) is 0 Å². The van der Waals surface area contributed by atoms with Crippen LogP contribution < -0.4 is 5.32 Å². The van der Waals surface area contributed by atoms with Crippen molar-refractivity contribution >= 4 is 11.6 Å². The number of hydrogen-bond acceptors (Lipinski definition) is 4. The van der Waals surface area contributed by atoms with Gasteiger partial charge in [-0.05, 0) is 31.5 Å². The highest BCUT2D eigenvalue weighted by Crippen LogP contribution is 2.17. The van der Waals surface area contributed by atoms with Gasteiger partial charge >= 0.3 is 0 Å². The van der Waals surface area contributed by atoms with Crippen LogP contribution in [0.1, 0.15) is 30.3 Å². The Labute approximate surface area is 121 Å². The van der Waals surface area contributed by atoms with E-state index in [-0.39, 0.29) is 5.91 Å². The lowest BCUT2D eigenvalue weighted by Crippen LogP contribution is -2.45. The molecular formula is C15H24N4O. The van der Waals surface area contributed by atoms with Crippen molar-refractivity contribution < 1.29 is 4.79 Å². The van der Waals surface area contributed by atoms with E-state index in [4.69, 9.17) is 0 Å². The third kappa shape index (κ3) is 3.28. The van der Waals surface area contributed by atoms with Gasteiger partial charge in [-0.2, -0.15) is 0 Å². The molecule has 0 aromatic carbocycles. The van der Waals surface area contributed by atoms with E-state index in [1.165, 1.54) is 0 Å². The molecule has 5 heteroatoms. The Hall–Kier alpha value is -1.62. The molecule has 5 nitrogen and oxygen atoms in total. The molecule has 2 rings (SSSR count). The van der Waals surface area contributed by atoms with Crippen LogP contribution in [-0.2, 0) is 0 Å². The van der Waals surface area contributed by atoms with Crippen molar-refractivity contribution in [3.63, 3.8) is 0 Å². The first kappa shape index (κ1) is 14.8. The minimum absolute atomic E-state index is 0.0112. The van der Waals surface area contributed by atoms with Crippen LogP contribution in [0, 0.1) is 0 Å². The summed E-state index contributed by atoms with van der Waals surface area (Å²) in [5, 5.41) is 3.04. The highest BCUT2D eigenvalue weighted by molar-refractivity contribution is 5.93. The quantitative estimate of drug-likeness (QED) is 0.909. The molecule has 1 aromatic rings. The van der Waals surface area contributed by atoms with Gasteiger partial charge in [0.15, 0.2) is 0 Å². The zero-order valence-electron chi connectivity index (χ0n) is 12.6. The molecule has 0 atom stereocenters. The predicted octanol–water partition coefficient (Wildman–Crippen LogP) is 1.68. The van der Waals surface area contributed by atoms with E-state index in [0.717, 1.165) is 38.2 Å². The largest absolute Gasteiger partial charge is 0.388 e. The average molecular weight is 276 g/mol. The molecule has 0 saturated carbocycles. The standard InChI is InChI=1S/C15H24N4O/c1-4-19-9-6-13(7-10-19)18(3)15(20)14-11-12(16-2)5-8-17-14/h5,8,11,13H,4,6-7,9-10H2,1-3H3,(H,16,17). The van der Waals surface area contributed by atoms with Crippen molar-refractivity contribution in [2.45, 2.75) is 25.8 Å². The first-order valence-electron chi connectivity index (χ1n) is 7.29. The van der Waals surface area contributed by atoms with Gasteiger partial charge in [-0.25, -0.2) is 0 Å². The third-order valence-electron chi connectivity index (χ3n) is 4.14. The van der Waals surface area contributed by atoms with E-state index in [9.17, 15) is 4.79 Å². The molecule has 0 radical (unpaired) electrons. The Morgan fingerprint density at radius 2 is 2.20 bits per heavy atom. The van der Waals surface area contributed by atoms with Crippen molar-refractivity contribution in [1.82, 2.24) is 14.8 Å². The number of carbonyl (C=O) groups is 1. The molecule has 0 aliphatic carbocycles. The molecule has 1 saturated heterocycles. The molecule has 1 aliphatic heterocycles. The fourth-order valence-corrected chi connectivity index (χ4v) is 2.67. The molecule has 1 N–H and O–H groups in total. The van der Waals surface area contributed by atoms with Crippen LogP contribution in [0.15, 0.2) is 18.3 Å². The van der Waals surface area contributed by atoms with Gasteiger partial charge in [0.05, 0.1) is 0 Å². The minimum atomic E-state index is 0.0112. The van der Waals surface area contributed by atoms with Crippen LogP contribution in [-0.4, -0.2) is 60.5 Å². The number of likely N-dealkylation sites (tertiary alicyclic amines) is 1. The van der Waals surface area contributed by atoms with Crippen LogP contribution in [0.3, 0.4) is 0 Å². The monoisotopic (exact) mass is 276 g/mol. The fourth-order valence-electron chi connectivity index (χ4n) is 2.67. The van der Waals surface area contributed by atoms with Crippen molar-refractivity contribution in [1.29, 1.82) is 0 Å². The highest BCUT2D eigenvalue weighted by atomic mass is 16.2. The van der Waals surface area contributed by atoms with Gasteiger partial charge in [-0.3, -0.25) is 9.78 Å². The molecule has 1 aromatic heterocycles. The molecule has 110 valence electrons. The summed E-state index contributed by atoms with van der Waals surface area (Å²) in [5.41, 5.74) is 1.43. The molecule has 1 fully saturated rings. The number of nitrogens with one attached hydrogen (secondary N) is 1. The second-order valence-electron chi connectivity index (χ2n) is 5.26. The number of carbonyl (C=O) groups excluding carboxylic acids is 1. The lowest BCUT2D eigenvalue weighted by atomic mass is 10.0. The van der Waals surface area contributed by atoms with Crippen molar-refractivity contribution in [2.75, 3.05) is 39.0 Å². The number of amides is 1. The van der Waals surface area contributed by atoms with Crippen molar-refractivity contribution in [3.8, 4) is 0 Å². The van der Waals surface area contributed by atoms with Gasteiger partial charge in [0.1, 0.15) is 5.69 Å². The summed E-state index contributed by atoms with van der Waals surface area (Å²) < 4.78 is 0. The summed E-state index contributed by atoms with van der Waals surface area (Å²) in [6.07, 6.45) is 3.76. The molecule has 0 unspecified atom stereocenters. The van der Waals surface area contributed by atoms with E-state index in [0.29, 0.717) is 11.7 Å². The molecular weight excluding hydrogens is 252 g/mol. The van der Waals surface area contributed by atoms with Gasteiger partial charge in [0.2, 0.25) is 0 Å². The van der Waals surface area contributed by atoms with E-state index in [1.807, 2.05) is 25.1 Å². The smallest absolute Gasteiger partial charge is 0.272 e. The van der Waals surface area contributed by atoms with E-state index >= 15 is 0 Å². The maximum Gasteiger partial charge on any atom is 0.272 e. The summed E-state index contributed by atoms with van der Waals surface area (Å²) in [7, 11) is 3.73. The summed E-state index contributed by atoms with van der Waals surface area (Å²) in [4.78, 5) is 21.0. The molecule has 1 aliphatic rings. The van der Waals surface area contributed by atoms with Crippen LogP contribution in [0.5, 0.6) is 0 Å². The van der Waals surface area contributed by atoms with Gasteiger partial charge in [0, 0.05) is 45.1 Å². The first-order chi connectivity index (χ1) is 9.65. The Morgan fingerprint density at radius 1 is 1.50 bits per heavy atom. The van der Waals surface area contributed by atoms with Crippen LogP contribution >= 0.6 is 0 Å². The van der Waals surface area contributed by atoms with Crippen LogP contribution in [0.4, 0.5) is 5.69 Å². The van der Waals surface area contributed by atoms with Gasteiger partial charge < -0.3 is 15.1 Å². The zero-order valence-corrected chi connectivity index (χ0v) is 12.6. The number of hydrogen-bond donors (Lipinski definition) is 1. The van der Waals surface area contributed by atoms with E-state index in [2.05, 4.69) is 22.1 Å². The molecule has 2 heterocycles. The van der Waals surface area contributed by atoms with E-state index in [1.54, 1.807) is 12.3 Å². The third-order valence-corrected chi connectivity index (χ3v) is 4.14. The zero-order chi connectivity index (χ0) is 14.5. The molecule has 20 heavy (non-hydrogen) atoms. The average Bonchev–Trinajstić information content (AvgIpc) is 2.53. The highest BCUT2D eigenvalue weighted by Gasteiger charge is 2.25. The van der Waals surface area contributed by atoms with E-state index < -0.39 is 0 Å². The number of pyridine rings is 1. The van der Waals surface area contributed by atoms with Gasteiger partial charge in [-0.15, -0.1) is 0 Å². The molecule has 0 bridgehead atoms. The number of piperidine rings is 1. The maximum atomic E-state index is 12.5. The number of anilines is 1. The lowest BCUT2D eigenvalue weighted by Gasteiger charge is -2.36. The van der Waals surface area contributed by atoms with Crippen molar-refractivity contribution in [2.24, 2.45) is 0 Å². The van der Waals surface area contributed by atoms with Gasteiger partial charge in [-0.1, -0.05) is 6.92 Å². The Morgan fingerprint density at radius 3 is 2.80 bits per heavy atom. The minimum Gasteiger partial charge on any atom is -0.388 e. The number of nitrogens with zero attached hydrogens (tertiary/aromatic N) is 3. The maximum absolute atomic E-state index is 12.5. The summed E-state index contributed by atoms with van der Waals surface area (Å²) in [5.74, 6) is 0.0112. The SMILES string of the molecule is CCN1CCC(N(C)C(=O)c2cc(NC)ccn2)CC1. The fraction of sp³-hybridized carbons (Fsp3) is 0.600. The normalized spacial score (nSPS) is 16.9. The summed E-state index contributed by atoms with van der Waals surface area (Å²) >= 11 is 0. The topological polar surface area (TPSA) is 48.5 Å². The summed E-state index contributed by atoms with van der Waals surface area (Å²) in [6.45, 7) is 5.42. The Kier molecular flexibility index (Phi) is 4.95. The molecule has 1 amide bonds. The lowest BCUT2D eigenvalue weighted by molar-refractivity contribution is 0.0641. The first-order valence-corrected chi connectivity index (χ1v) is 7.29. The second kappa shape index (κ2) is 6.70. The number of rotatable bonds is 4. The molecule has 0 spiro atoms. The van der Waals surface area contributed by atoms with Crippen molar-refractivity contribution in [3.05, 3.63) is 24.0 Å². The predicted molar refractivity (Wildman–Crippen MR) is 81.0 cm³/mol. The summed E-state index contributed by atoms with van der Waals surface area (Å²) in [6, 6.07) is 3.99. The Bertz CT molecular complexity index is 455. The van der Waals surface area contributed by atoms with Gasteiger partial charge in [0.25, 0.3) is 5.91 Å². The second-order valence-corrected chi connectivity index (χ2v) is 5.26. The number of aromatic nitrogens is 1. The van der Waals surface area contributed by atoms with Crippen LogP contribution in [0.25, 0.3) is 0 Å².